The molecule has 0 aliphatic carbocycles. The zero-order valence-corrected chi connectivity index (χ0v) is 9.72. The molecular formula is C10H16N2O6. The number of nitrogens with one attached hydrogen (secondary N) is 1. The van der Waals surface area contributed by atoms with Crippen LogP contribution >= 0.6 is 0 Å². The molecular weight excluding hydrogens is 244 g/mol. The van der Waals surface area contributed by atoms with Crippen molar-refractivity contribution in [3.63, 3.8) is 0 Å². The number of amides is 1. The number of carbonyl (C=O) groups excluding carboxylic acids is 1. The van der Waals surface area contributed by atoms with Gasteiger partial charge in [-0.25, -0.2) is 4.79 Å². The second-order valence-corrected chi connectivity index (χ2v) is 4.23. The normalized spacial score (nSPS) is 19.8. The molecule has 8 nitrogen and oxygen atoms in total. The molecule has 1 fully saturated rings. The molecule has 1 aliphatic rings. The van der Waals surface area contributed by atoms with Crippen LogP contribution < -0.4 is 11.1 Å². The third-order valence-electron chi connectivity index (χ3n) is 2.82. The summed E-state index contributed by atoms with van der Waals surface area (Å²) in [5, 5.41) is 19.5. The van der Waals surface area contributed by atoms with Gasteiger partial charge in [-0.1, -0.05) is 0 Å². The Morgan fingerprint density at radius 3 is 2.28 bits per heavy atom. The molecule has 1 rings (SSSR count). The first kappa shape index (κ1) is 14.4. The summed E-state index contributed by atoms with van der Waals surface area (Å²) in [4.78, 5) is 33.2. The van der Waals surface area contributed by atoms with Crippen molar-refractivity contribution in [2.24, 2.45) is 5.73 Å². The summed E-state index contributed by atoms with van der Waals surface area (Å²) in [5.74, 6) is -3.36. The van der Waals surface area contributed by atoms with Crippen LogP contribution in [0.1, 0.15) is 19.3 Å². The number of carboxylic acid groups (broad SMARTS) is 2. The summed E-state index contributed by atoms with van der Waals surface area (Å²) in [6.45, 7) is 0.640. The predicted molar refractivity (Wildman–Crippen MR) is 58.8 cm³/mol. The summed E-state index contributed by atoms with van der Waals surface area (Å²) >= 11 is 0. The second-order valence-electron chi connectivity index (χ2n) is 4.23. The maximum Gasteiger partial charge on any atom is 0.326 e. The first-order chi connectivity index (χ1) is 8.35. The number of nitrogens with two attached hydrogens (primary N) is 1. The van der Waals surface area contributed by atoms with Gasteiger partial charge in [-0.15, -0.1) is 0 Å². The van der Waals surface area contributed by atoms with Gasteiger partial charge in [0, 0.05) is 13.2 Å². The van der Waals surface area contributed by atoms with Gasteiger partial charge in [-0.05, 0) is 12.8 Å². The summed E-state index contributed by atoms with van der Waals surface area (Å²) in [7, 11) is 0. The lowest BCUT2D eigenvalue weighted by Gasteiger charge is -2.32. The van der Waals surface area contributed by atoms with Gasteiger partial charge >= 0.3 is 11.9 Å². The molecule has 1 aliphatic heterocycles. The van der Waals surface area contributed by atoms with Crippen LogP contribution in [0.3, 0.4) is 0 Å². The highest BCUT2D eigenvalue weighted by Crippen LogP contribution is 2.18. The molecule has 0 saturated carbocycles. The summed E-state index contributed by atoms with van der Waals surface area (Å²) in [6, 6.07) is -1.47. The fourth-order valence-corrected chi connectivity index (χ4v) is 1.64. The lowest BCUT2D eigenvalue weighted by Crippen LogP contribution is -2.59. The molecule has 0 radical (unpaired) electrons. The molecule has 0 aromatic carbocycles. The Hall–Kier alpha value is -1.67. The van der Waals surface area contributed by atoms with Crippen molar-refractivity contribution in [1.82, 2.24) is 5.32 Å². The Morgan fingerprint density at radius 2 is 1.83 bits per heavy atom. The SMILES string of the molecule is NC1(C(=O)NC(CC(=O)O)C(=O)O)CCOCC1. The molecule has 1 atom stereocenters. The number of carbonyl (C=O) groups is 3. The molecule has 0 bridgehead atoms. The van der Waals surface area contributed by atoms with Crippen molar-refractivity contribution in [3.05, 3.63) is 0 Å². The zero-order chi connectivity index (χ0) is 13.8. The molecule has 8 heteroatoms. The summed E-state index contributed by atoms with van der Waals surface area (Å²) < 4.78 is 5.06. The average Bonchev–Trinajstić information content (AvgIpc) is 2.28. The van der Waals surface area contributed by atoms with Gasteiger partial charge in [0.2, 0.25) is 5.91 Å². The van der Waals surface area contributed by atoms with Gasteiger partial charge in [0.15, 0.2) is 0 Å². The maximum absolute atomic E-state index is 11.9. The van der Waals surface area contributed by atoms with E-state index in [1.807, 2.05) is 0 Å². The molecule has 0 aromatic rings. The molecule has 0 aromatic heterocycles. The van der Waals surface area contributed by atoms with Crippen LogP contribution in [0, 0.1) is 0 Å². The van der Waals surface area contributed by atoms with Crippen molar-refractivity contribution >= 4 is 17.8 Å². The predicted octanol–water partition coefficient (Wildman–Crippen LogP) is -1.46. The first-order valence-electron chi connectivity index (χ1n) is 5.47. The Labute approximate surface area is 103 Å². The van der Waals surface area contributed by atoms with E-state index in [0.29, 0.717) is 13.2 Å². The lowest BCUT2D eigenvalue weighted by molar-refractivity contribution is -0.148. The first-order valence-corrected chi connectivity index (χ1v) is 5.47. The van der Waals surface area contributed by atoms with E-state index in [4.69, 9.17) is 20.7 Å². The monoisotopic (exact) mass is 260 g/mol. The standard InChI is InChI=1S/C10H16N2O6/c11-10(1-3-18-4-2-10)9(17)12-6(8(15)16)5-7(13)14/h6H,1-5,11H2,(H,12,17)(H,13,14)(H,15,16). The van der Waals surface area contributed by atoms with Crippen molar-refractivity contribution < 1.29 is 29.3 Å². The van der Waals surface area contributed by atoms with E-state index < -0.39 is 35.8 Å². The molecule has 1 amide bonds. The van der Waals surface area contributed by atoms with Crippen LogP contribution in [0.15, 0.2) is 0 Å². The molecule has 0 spiro atoms. The third-order valence-corrected chi connectivity index (χ3v) is 2.82. The van der Waals surface area contributed by atoms with Gasteiger partial charge in [0.1, 0.15) is 6.04 Å². The number of ether oxygens (including phenoxy) is 1. The Morgan fingerprint density at radius 1 is 1.28 bits per heavy atom. The van der Waals surface area contributed by atoms with Crippen molar-refractivity contribution in [3.8, 4) is 0 Å². The smallest absolute Gasteiger partial charge is 0.326 e. The number of hydrogen-bond acceptors (Lipinski definition) is 5. The highest BCUT2D eigenvalue weighted by molar-refractivity contribution is 5.91. The van der Waals surface area contributed by atoms with Gasteiger partial charge in [0.05, 0.1) is 12.0 Å². The lowest BCUT2D eigenvalue weighted by atomic mass is 9.90. The van der Waals surface area contributed by atoms with Gasteiger partial charge in [-0.2, -0.15) is 0 Å². The number of hydrogen-bond donors (Lipinski definition) is 4. The van der Waals surface area contributed by atoms with E-state index >= 15 is 0 Å². The average molecular weight is 260 g/mol. The van der Waals surface area contributed by atoms with Crippen LogP contribution in [0.4, 0.5) is 0 Å². The third kappa shape index (κ3) is 3.67. The topological polar surface area (TPSA) is 139 Å². The molecule has 1 unspecified atom stereocenters. The van der Waals surface area contributed by atoms with E-state index in [-0.39, 0.29) is 12.8 Å². The van der Waals surface area contributed by atoms with E-state index in [0.717, 1.165) is 0 Å². The molecule has 1 saturated heterocycles. The van der Waals surface area contributed by atoms with Crippen LogP contribution in [0.25, 0.3) is 0 Å². The van der Waals surface area contributed by atoms with Crippen LogP contribution in [-0.2, 0) is 19.1 Å². The van der Waals surface area contributed by atoms with E-state index in [1.165, 1.54) is 0 Å². The highest BCUT2D eigenvalue weighted by atomic mass is 16.5. The van der Waals surface area contributed by atoms with Crippen molar-refractivity contribution in [2.75, 3.05) is 13.2 Å². The molecule has 5 N–H and O–H groups in total. The van der Waals surface area contributed by atoms with E-state index in [2.05, 4.69) is 5.32 Å². The summed E-state index contributed by atoms with van der Waals surface area (Å²) in [6.07, 6.45) is -0.135. The molecule has 102 valence electrons. The fraction of sp³-hybridized carbons (Fsp3) is 0.700. The zero-order valence-electron chi connectivity index (χ0n) is 9.72. The number of aliphatic carboxylic acids is 2. The molecule has 18 heavy (non-hydrogen) atoms. The molecule has 1 heterocycles. The van der Waals surface area contributed by atoms with Crippen molar-refractivity contribution in [2.45, 2.75) is 30.8 Å². The summed E-state index contributed by atoms with van der Waals surface area (Å²) in [5.41, 5.74) is 4.66. The Kier molecular flexibility index (Phi) is 4.62. The van der Waals surface area contributed by atoms with Gasteiger partial charge in [-0.3, -0.25) is 9.59 Å². The number of rotatable bonds is 5. The minimum atomic E-state index is -1.47. The van der Waals surface area contributed by atoms with Crippen molar-refractivity contribution in [1.29, 1.82) is 0 Å². The number of carboxylic acids is 2. The second kappa shape index (κ2) is 5.78. The maximum atomic E-state index is 11.9. The Balaban J connectivity index is 2.65. The van der Waals surface area contributed by atoms with Gasteiger partial charge < -0.3 is 26.0 Å². The van der Waals surface area contributed by atoms with Gasteiger partial charge in [0.25, 0.3) is 0 Å². The van der Waals surface area contributed by atoms with E-state index in [1.54, 1.807) is 0 Å². The highest BCUT2D eigenvalue weighted by Gasteiger charge is 2.38. The van der Waals surface area contributed by atoms with Crippen LogP contribution in [0.5, 0.6) is 0 Å². The minimum absolute atomic E-state index is 0.276. The fourth-order valence-electron chi connectivity index (χ4n) is 1.64. The quantitative estimate of drug-likeness (QED) is 0.473. The van der Waals surface area contributed by atoms with E-state index in [9.17, 15) is 14.4 Å². The van der Waals surface area contributed by atoms with Crippen LogP contribution in [0.2, 0.25) is 0 Å². The van der Waals surface area contributed by atoms with Crippen LogP contribution in [-0.4, -0.2) is 52.9 Å². The minimum Gasteiger partial charge on any atom is -0.481 e. The largest absolute Gasteiger partial charge is 0.481 e. The Bertz CT molecular complexity index is 350.